The lowest BCUT2D eigenvalue weighted by Gasteiger charge is -2.14. The van der Waals surface area contributed by atoms with Crippen molar-refractivity contribution >= 4 is 34.1 Å². The summed E-state index contributed by atoms with van der Waals surface area (Å²) < 4.78 is 0. The Morgan fingerprint density at radius 1 is 1.42 bits per heavy atom. The molecular formula is C11H17N5O2S. The quantitative estimate of drug-likeness (QED) is 0.801. The number of likely N-dealkylation sites (N-methyl/N-ethyl adjacent to an activating group) is 1. The predicted molar refractivity (Wildman–Crippen MR) is 74.1 cm³/mol. The zero-order valence-electron chi connectivity index (χ0n) is 10.8. The third kappa shape index (κ3) is 2.95. The normalized spacial score (nSPS) is 14.7. The van der Waals surface area contributed by atoms with Crippen LogP contribution in [0.5, 0.6) is 0 Å². The summed E-state index contributed by atoms with van der Waals surface area (Å²) in [5.74, 6) is -0.661. The zero-order valence-corrected chi connectivity index (χ0v) is 11.6. The third-order valence-electron chi connectivity index (χ3n) is 2.95. The number of nitrogens with two attached hydrogens (primary N) is 2. The van der Waals surface area contributed by atoms with E-state index in [-0.39, 0.29) is 18.3 Å². The smallest absolute Gasteiger partial charge is 0.268 e. The molecule has 7 nitrogen and oxygen atoms in total. The Kier molecular flexibility index (Phi) is 3.89. The molecule has 1 saturated heterocycles. The maximum Gasteiger partial charge on any atom is 0.268 e. The van der Waals surface area contributed by atoms with E-state index in [4.69, 9.17) is 11.5 Å². The van der Waals surface area contributed by atoms with Crippen molar-refractivity contribution in [2.75, 3.05) is 37.3 Å². The minimum absolute atomic E-state index is 0.130. The molecule has 104 valence electrons. The van der Waals surface area contributed by atoms with Crippen LogP contribution in [0.3, 0.4) is 0 Å². The molecule has 0 atom stereocenters. The average Bonchev–Trinajstić information content (AvgIpc) is 2.95. The molecule has 1 aliphatic heterocycles. The van der Waals surface area contributed by atoms with Crippen LogP contribution in [-0.4, -0.2) is 48.4 Å². The molecule has 0 radical (unpaired) electrons. The van der Waals surface area contributed by atoms with Gasteiger partial charge in [0, 0.05) is 20.1 Å². The summed E-state index contributed by atoms with van der Waals surface area (Å²) in [6, 6.07) is 0. The standard InChI is InChI=1S/C11H17N5O2S/c1-15(6-7(12)17)10(18)8-9(13)14-11(19-8)16-4-2-3-5-16/h2-6,13H2,1H3,(H2,12,17). The molecular weight excluding hydrogens is 266 g/mol. The van der Waals surface area contributed by atoms with Crippen molar-refractivity contribution in [1.29, 1.82) is 0 Å². The fourth-order valence-electron chi connectivity index (χ4n) is 2.00. The van der Waals surface area contributed by atoms with E-state index in [1.54, 1.807) is 0 Å². The summed E-state index contributed by atoms with van der Waals surface area (Å²) >= 11 is 1.27. The zero-order chi connectivity index (χ0) is 14.0. The molecule has 19 heavy (non-hydrogen) atoms. The van der Waals surface area contributed by atoms with Crippen LogP contribution < -0.4 is 16.4 Å². The second-order valence-electron chi connectivity index (χ2n) is 4.53. The molecule has 2 amide bonds. The van der Waals surface area contributed by atoms with E-state index in [9.17, 15) is 9.59 Å². The number of aromatic nitrogens is 1. The van der Waals surface area contributed by atoms with Gasteiger partial charge in [-0.2, -0.15) is 0 Å². The minimum Gasteiger partial charge on any atom is -0.382 e. The van der Waals surface area contributed by atoms with E-state index in [2.05, 4.69) is 9.88 Å². The molecule has 0 bridgehead atoms. The Morgan fingerprint density at radius 2 is 2.05 bits per heavy atom. The molecule has 0 aliphatic carbocycles. The highest BCUT2D eigenvalue weighted by Gasteiger charge is 2.24. The van der Waals surface area contributed by atoms with Gasteiger partial charge >= 0.3 is 0 Å². The van der Waals surface area contributed by atoms with E-state index in [0.717, 1.165) is 31.1 Å². The van der Waals surface area contributed by atoms with Gasteiger partial charge in [0.1, 0.15) is 10.7 Å². The number of nitrogens with zero attached hydrogens (tertiary/aromatic N) is 3. The summed E-state index contributed by atoms with van der Waals surface area (Å²) in [7, 11) is 1.52. The monoisotopic (exact) mass is 283 g/mol. The number of rotatable bonds is 4. The summed E-state index contributed by atoms with van der Waals surface area (Å²) in [4.78, 5) is 30.9. The summed E-state index contributed by atoms with van der Waals surface area (Å²) in [6.07, 6.45) is 2.26. The van der Waals surface area contributed by atoms with E-state index in [1.165, 1.54) is 23.3 Å². The van der Waals surface area contributed by atoms with Gasteiger partial charge in [-0.1, -0.05) is 11.3 Å². The predicted octanol–water partition coefficient (Wildman–Crippen LogP) is -0.117. The SMILES string of the molecule is CN(CC(N)=O)C(=O)c1sc(N2CCCC2)nc1N. The molecule has 1 fully saturated rings. The Hall–Kier alpha value is -1.83. The summed E-state index contributed by atoms with van der Waals surface area (Å²) in [5.41, 5.74) is 10.9. The number of carbonyl (C=O) groups excluding carboxylic acids is 2. The molecule has 2 rings (SSSR count). The fraction of sp³-hybridized carbons (Fsp3) is 0.545. The topological polar surface area (TPSA) is 106 Å². The first-order valence-electron chi connectivity index (χ1n) is 6.04. The van der Waals surface area contributed by atoms with Crippen molar-refractivity contribution in [3.8, 4) is 0 Å². The number of hydrogen-bond acceptors (Lipinski definition) is 6. The third-order valence-corrected chi connectivity index (χ3v) is 4.07. The molecule has 1 aromatic rings. The van der Waals surface area contributed by atoms with Crippen molar-refractivity contribution < 1.29 is 9.59 Å². The Morgan fingerprint density at radius 3 is 2.63 bits per heavy atom. The number of carbonyl (C=O) groups is 2. The second-order valence-corrected chi connectivity index (χ2v) is 5.51. The van der Waals surface area contributed by atoms with Crippen LogP contribution in [0.1, 0.15) is 22.5 Å². The second kappa shape index (κ2) is 5.43. The van der Waals surface area contributed by atoms with Gasteiger partial charge in [-0.05, 0) is 12.8 Å². The molecule has 1 aliphatic rings. The fourth-order valence-corrected chi connectivity index (χ4v) is 3.03. The van der Waals surface area contributed by atoms with Crippen molar-refractivity contribution in [2.24, 2.45) is 5.73 Å². The average molecular weight is 283 g/mol. The summed E-state index contributed by atoms with van der Waals surface area (Å²) in [5, 5.41) is 0.769. The first kappa shape index (κ1) is 13.6. The van der Waals surface area contributed by atoms with Crippen LogP contribution in [0.15, 0.2) is 0 Å². The highest BCUT2D eigenvalue weighted by molar-refractivity contribution is 7.18. The van der Waals surface area contributed by atoms with Crippen molar-refractivity contribution in [3.05, 3.63) is 4.88 Å². The van der Waals surface area contributed by atoms with Gasteiger partial charge in [0.25, 0.3) is 5.91 Å². The first-order valence-corrected chi connectivity index (χ1v) is 6.85. The van der Waals surface area contributed by atoms with Crippen molar-refractivity contribution in [2.45, 2.75) is 12.8 Å². The summed E-state index contributed by atoms with van der Waals surface area (Å²) in [6.45, 7) is 1.75. The Labute approximate surface area is 115 Å². The lowest BCUT2D eigenvalue weighted by molar-refractivity contribution is -0.118. The number of amides is 2. The van der Waals surface area contributed by atoms with Crippen molar-refractivity contribution in [1.82, 2.24) is 9.88 Å². The number of hydrogen-bond donors (Lipinski definition) is 2. The van der Waals surface area contributed by atoms with Gasteiger partial charge in [-0.25, -0.2) is 4.98 Å². The number of anilines is 2. The molecule has 1 aromatic heterocycles. The lowest BCUT2D eigenvalue weighted by atomic mass is 10.4. The van der Waals surface area contributed by atoms with E-state index in [0.29, 0.717) is 4.88 Å². The molecule has 0 saturated carbocycles. The van der Waals surface area contributed by atoms with Crippen LogP contribution in [0.4, 0.5) is 10.9 Å². The first-order chi connectivity index (χ1) is 8.99. The van der Waals surface area contributed by atoms with Crippen molar-refractivity contribution in [3.63, 3.8) is 0 Å². The van der Waals surface area contributed by atoms with Crippen LogP contribution in [-0.2, 0) is 4.79 Å². The van der Waals surface area contributed by atoms with Crippen LogP contribution in [0.25, 0.3) is 0 Å². The van der Waals surface area contributed by atoms with Crippen LogP contribution >= 0.6 is 11.3 Å². The highest BCUT2D eigenvalue weighted by Crippen LogP contribution is 2.30. The van der Waals surface area contributed by atoms with Crippen LogP contribution in [0, 0.1) is 0 Å². The van der Waals surface area contributed by atoms with Gasteiger partial charge < -0.3 is 21.3 Å². The maximum atomic E-state index is 12.1. The molecule has 2 heterocycles. The van der Waals surface area contributed by atoms with Gasteiger partial charge in [0.15, 0.2) is 5.13 Å². The maximum absolute atomic E-state index is 12.1. The van der Waals surface area contributed by atoms with Gasteiger partial charge in [-0.15, -0.1) is 0 Å². The molecule has 8 heteroatoms. The minimum atomic E-state index is -0.557. The molecule has 0 aromatic carbocycles. The highest BCUT2D eigenvalue weighted by atomic mass is 32.1. The lowest BCUT2D eigenvalue weighted by Crippen LogP contribution is -2.35. The van der Waals surface area contributed by atoms with E-state index in [1.807, 2.05) is 0 Å². The van der Waals surface area contributed by atoms with Gasteiger partial charge in [0.2, 0.25) is 5.91 Å². The van der Waals surface area contributed by atoms with E-state index < -0.39 is 5.91 Å². The van der Waals surface area contributed by atoms with E-state index >= 15 is 0 Å². The Bertz CT molecular complexity index is 495. The number of primary amides is 1. The Balaban J connectivity index is 2.15. The molecule has 4 N–H and O–H groups in total. The largest absolute Gasteiger partial charge is 0.382 e. The number of nitrogen functional groups attached to an aromatic ring is 1. The van der Waals surface area contributed by atoms with Crippen LogP contribution in [0.2, 0.25) is 0 Å². The molecule has 0 unspecified atom stereocenters. The number of thiazole rings is 1. The molecule has 0 spiro atoms. The van der Waals surface area contributed by atoms with Gasteiger partial charge in [-0.3, -0.25) is 9.59 Å². The van der Waals surface area contributed by atoms with Gasteiger partial charge in [0.05, 0.1) is 6.54 Å².